The second-order valence-corrected chi connectivity index (χ2v) is 6.66. The summed E-state index contributed by atoms with van der Waals surface area (Å²) in [6.45, 7) is 5.82. The van der Waals surface area contributed by atoms with E-state index in [-0.39, 0.29) is 5.97 Å². The summed E-state index contributed by atoms with van der Waals surface area (Å²) in [5.41, 5.74) is 6.52. The summed E-state index contributed by atoms with van der Waals surface area (Å²) in [7, 11) is 0. The van der Waals surface area contributed by atoms with E-state index in [1.54, 1.807) is 6.20 Å². The quantitative estimate of drug-likeness (QED) is 0.846. The van der Waals surface area contributed by atoms with Crippen molar-refractivity contribution in [3.8, 4) is 0 Å². The number of nitrogens with two attached hydrogens (primary N) is 1. The van der Waals surface area contributed by atoms with Crippen LogP contribution in [-0.2, 0) is 19.7 Å². The Kier molecular flexibility index (Phi) is 5.36. The zero-order valence-corrected chi connectivity index (χ0v) is 14.4. The first-order valence-corrected chi connectivity index (χ1v) is 8.87. The Morgan fingerprint density at radius 3 is 2.67 bits per heavy atom. The molecular weight excluding hydrogens is 306 g/mol. The summed E-state index contributed by atoms with van der Waals surface area (Å²) in [6, 6.07) is 4.21. The van der Waals surface area contributed by atoms with Gasteiger partial charge in [0.05, 0.1) is 37.4 Å². The van der Waals surface area contributed by atoms with Crippen LogP contribution in [0, 0.1) is 0 Å². The largest absolute Gasteiger partial charge is 0.465 e. The SMILES string of the molecule is CCOC(=O)C1(c2ccc(N)cn2)CCC(N2CCOCC2)CC1. The molecule has 1 aromatic rings. The number of nitrogen functional groups attached to an aromatic ring is 1. The first kappa shape index (κ1) is 17.2. The molecule has 132 valence electrons. The lowest BCUT2D eigenvalue weighted by molar-refractivity contribution is -0.152. The fourth-order valence-electron chi connectivity index (χ4n) is 3.93. The molecule has 1 aliphatic heterocycles. The zero-order valence-electron chi connectivity index (χ0n) is 14.4. The van der Waals surface area contributed by atoms with E-state index < -0.39 is 5.41 Å². The second-order valence-electron chi connectivity index (χ2n) is 6.66. The third-order valence-corrected chi connectivity index (χ3v) is 5.31. The Bertz CT molecular complexity index is 547. The Hall–Kier alpha value is -1.66. The van der Waals surface area contributed by atoms with Crippen molar-refractivity contribution in [3.63, 3.8) is 0 Å². The Morgan fingerprint density at radius 2 is 2.08 bits per heavy atom. The minimum Gasteiger partial charge on any atom is -0.465 e. The lowest BCUT2D eigenvalue weighted by atomic mass is 9.69. The number of hydrogen-bond donors (Lipinski definition) is 1. The number of carbonyl (C=O) groups excluding carboxylic acids is 1. The Labute approximate surface area is 143 Å². The molecule has 6 heteroatoms. The first-order chi connectivity index (χ1) is 11.7. The van der Waals surface area contributed by atoms with E-state index in [2.05, 4.69) is 9.88 Å². The summed E-state index contributed by atoms with van der Waals surface area (Å²) >= 11 is 0. The predicted molar refractivity (Wildman–Crippen MR) is 91.6 cm³/mol. The van der Waals surface area contributed by atoms with Crippen molar-refractivity contribution in [3.05, 3.63) is 24.0 Å². The molecule has 1 aliphatic carbocycles. The van der Waals surface area contributed by atoms with Crippen LogP contribution in [0.15, 0.2) is 18.3 Å². The topological polar surface area (TPSA) is 77.7 Å². The van der Waals surface area contributed by atoms with Gasteiger partial charge in [-0.1, -0.05) is 0 Å². The number of nitrogens with zero attached hydrogens (tertiary/aromatic N) is 2. The van der Waals surface area contributed by atoms with Crippen LogP contribution in [-0.4, -0.2) is 54.8 Å². The highest BCUT2D eigenvalue weighted by atomic mass is 16.5. The van der Waals surface area contributed by atoms with E-state index in [1.165, 1.54) is 0 Å². The van der Waals surface area contributed by atoms with Crippen LogP contribution < -0.4 is 5.73 Å². The van der Waals surface area contributed by atoms with Crippen LogP contribution in [0.4, 0.5) is 5.69 Å². The number of esters is 1. The number of rotatable bonds is 4. The highest BCUT2D eigenvalue weighted by Gasteiger charge is 2.46. The first-order valence-electron chi connectivity index (χ1n) is 8.87. The van der Waals surface area contributed by atoms with Crippen molar-refractivity contribution in [1.29, 1.82) is 0 Å². The standard InChI is InChI=1S/C18H27N3O3/c1-2-24-17(22)18(16-4-3-14(19)13-20-16)7-5-15(6-8-18)21-9-11-23-12-10-21/h3-4,13,15H,2,5-12,19H2,1H3. The molecule has 2 aliphatic rings. The van der Waals surface area contributed by atoms with Gasteiger partial charge in [-0.3, -0.25) is 14.7 Å². The van der Waals surface area contributed by atoms with Gasteiger partial charge in [0.2, 0.25) is 0 Å². The smallest absolute Gasteiger partial charge is 0.318 e. The molecular formula is C18H27N3O3. The number of morpholine rings is 1. The molecule has 0 unspecified atom stereocenters. The molecule has 24 heavy (non-hydrogen) atoms. The van der Waals surface area contributed by atoms with Gasteiger partial charge < -0.3 is 15.2 Å². The summed E-state index contributed by atoms with van der Waals surface area (Å²) in [4.78, 5) is 19.7. The fraction of sp³-hybridized carbons (Fsp3) is 0.667. The molecule has 0 amide bonds. The zero-order chi connectivity index (χ0) is 17.0. The van der Waals surface area contributed by atoms with E-state index in [0.29, 0.717) is 18.3 Å². The Morgan fingerprint density at radius 1 is 1.38 bits per heavy atom. The predicted octanol–water partition coefficient (Wildman–Crippen LogP) is 1.74. The van der Waals surface area contributed by atoms with Crippen LogP contribution in [0.2, 0.25) is 0 Å². The van der Waals surface area contributed by atoms with Gasteiger partial charge in [-0.2, -0.15) is 0 Å². The minimum atomic E-state index is -0.632. The van der Waals surface area contributed by atoms with Crippen LogP contribution in [0.3, 0.4) is 0 Å². The lowest BCUT2D eigenvalue weighted by Gasteiger charge is -2.42. The van der Waals surface area contributed by atoms with E-state index in [1.807, 2.05) is 19.1 Å². The van der Waals surface area contributed by atoms with Crippen molar-refractivity contribution in [2.75, 3.05) is 38.6 Å². The molecule has 1 saturated heterocycles. The molecule has 1 saturated carbocycles. The van der Waals surface area contributed by atoms with Crippen molar-refractivity contribution < 1.29 is 14.3 Å². The van der Waals surface area contributed by atoms with Crippen LogP contribution in [0.5, 0.6) is 0 Å². The molecule has 2 N–H and O–H groups in total. The van der Waals surface area contributed by atoms with Gasteiger partial charge in [-0.25, -0.2) is 0 Å². The Balaban J connectivity index is 1.77. The molecule has 0 aromatic carbocycles. The number of pyridine rings is 1. The van der Waals surface area contributed by atoms with Crippen LogP contribution in [0.25, 0.3) is 0 Å². The molecule has 0 atom stereocenters. The van der Waals surface area contributed by atoms with Crippen molar-refractivity contribution >= 4 is 11.7 Å². The van der Waals surface area contributed by atoms with Gasteiger partial charge in [-0.15, -0.1) is 0 Å². The van der Waals surface area contributed by atoms with Gasteiger partial charge >= 0.3 is 5.97 Å². The summed E-state index contributed by atoms with van der Waals surface area (Å²) < 4.78 is 10.9. The fourth-order valence-corrected chi connectivity index (χ4v) is 3.93. The molecule has 2 heterocycles. The second kappa shape index (κ2) is 7.49. The monoisotopic (exact) mass is 333 g/mol. The molecule has 0 spiro atoms. The molecule has 6 nitrogen and oxygen atoms in total. The lowest BCUT2D eigenvalue weighted by Crippen LogP contribution is -2.49. The average molecular weight is 333 g/mol. The third kappa shape index (κ3) is 3.39. The maximum atomic E-state index is 12.8. The molecule has 1 aromatic heterocycles. The maximum Gasteiger partial charge on any atom is 0.318 e. The van der Waals surface area contributed by atoms with Crippen LogP contribution >= 0.6 is 0 Å². The molecule has 0 radical (unpaired) electrons. The van der Waals surface area contributed by atoms with Gasteiger partial charge in [0, 0.05) is 19.1 Å². The van der Waals surface area contributed by atoms with Crippen molar-refractivity contribution in [2.24, 2.45) is 0 Å². The number of hydrogen-bond acceptors (Lipinski definition) is 6. The van der Waals surface area contributed by atoms with Gasteiger partial charge in [0.1, 0.15) is 5.41 Å². The maximum absolute atomic E-state index is 12.8. The summed E-state index contributed by atoms with van der Waals surface area (Å²) in [5.74, 6) is -0.150. The number of carbonyl (C=O) groups is 1. The minimum absolute atomic E-state index is 0.150. The third-order valence-electron chi connectivity index (χ3n) is 5.31. The van der Waals surface area contributed by atoms with Gasteiger partial charge in [-0.05, 0) is 44.7 Å². The molecule has 3 rings (SSSR count). The summed E-state index contributed by atoms with van der Waals surface area (Å²) in [5, 5.41) is 0. The van der Waals surface area contributed by atoms with E-state index in [0.717, 1.165) is 57.7 Å². The highest BCUT2D eigenvalue weighted by molar-refractivity contribution is 5.83. The normalized spacial score (nSPS) is 28.5. The van der Waals surface area contributed by atoms with E-state index in [4.69, 9.17) is 15.2 Å². The van der Waals surface area contributed by atoms with Crippen molar-refractivity contribution in [1.82, 2.24) is 9.88 Å². The molecule has 2 fully saturated rings. The van der Waals surface area contributed by atoms with Crippen molar-refractivity contribution in [2.45, 2.75) is 44.1 Å². The van der Waals surface area contributed by atoms with Crippen LogP contribution in [0.1, 0.15) is 38.3 Å². The number of aromatic nitrogens is 1. The summed E-state index contributed by atoms with van der Waals surface area (Å²) in [6.07, 6.45) is 5.12. The van der Waals surface area contributed by atoms with E-state index >= 15 is 0 Å². The number of anilines is 1. The van der Waals surface area contributed by atoms with Gasteiger partial charge in [0.25, 0.3) is 0 Å². The highest BCUT2D eigenvalue weighted by Crippen LogP contribution is 2.41. The average Bonchev–Trinajstić information content (AvgIpc) is 2.63. The molecule has 0 bridgehead atoms. The number of ether oxygens (including phenoxy) is 2. The van der Waals surface area contributed by atoms with E-state index in [9.17, 15) is 4.79 Å². The van der Waals surface area contributed by atoms with Gasteiger partial charge in [0.15, 0.2) is 0 Å².